The Morgan fingerprint density at radius 2 is 2.37 bits per heavy atom. The van der Waals surface area contributed by atoms with Crippen LogP contribution in [0.4, 0.5) is 4.39 Å². The van der Waals surface area contributed by atoms with Crippen LogP contribution in [0.5, 0.6) is 0 Å². The van der Waals surface area contributed by atoms with Crippen molar-refractivity contribution in [1.29, 1.82) is 0 Å². The van der Waals surface area contributed by atoms with Crippen molar-refractivity contribution in [2.24, 2.45) is 0 Å². The zero-order chi connectivity index (χ0) is 13.2. The molecular weight excluding hydrogens is 261 g/mol. The Hall–Kier alpha value is -1.72. The molecule has 0 bridgehead atoms. The average molecular weight is 275 g/mol. The minimum atomic E-state index is -0.200. The molecule has 2 heterocycles. The Kier molecular flexibility index (Phi) is 3.31. The Bertz CT molecular complexity index is 660. The molecule has 0 amide bonds. The molecule has 0 saturated carbocycles. The summed E-state index contributed by atoms with van der Waals surface area (Å²) >= 11 is 1.62. The van der Waals surface area contributed by atoms with Crippen LogP contribution in [0, 0.1) is 5.82 Å². The van der Waals surface area contributed by atoms with Crippen LogP contribution in [-0.2, 0) is 6.54 Å². The second kappa shape index (κ2) is 5.11. The van der Waals surface area contributed by atoms with E-state index in [9.17, 15) is 4.39 Å². The summed E-state index contributed by atoms with van der Waals surface area (Å²) in [5.41, 5.74) is 1.94. The van der Waals surface area contributed by atoms with Gasteiger partial charge < -0.3 is 5.32 Å². The zero-order valence-electron chi connectivity index (χ0n) is 10.5. The molecule has 0 radical (unpaired) electrons. The molecular formula is C14H14FN3S. The van der Waals surface area contributed by atoms with Crippen LogP contribution >= 0.6 is 11.3 Å². The van der Waals surface area contributed by atoms with Crippen LogP contribution in [0.25, 0.3) is 4.96 Å². The summed E-state index contributed by atoms with van der Waals surface area (Å²) in [7, 11) is 0. The van der Waals surface area contributed by atoms with Crippen molar-refractivity contribution in [1.82, 2.24) is 14.7 Å². The minimum absolute atomic E-state index is 0.0930. The van der Waals surface area contributed by atoms with E-state index < -0.39 is 0 Å². The number of hydrogen-bond donors (Lipinski definition) is 1. The van der Waals surface area contributed by atoms with Gasteiger partial charge in [-0.05, 0) is 24.6 Å². The molecule has 0 spiro atoms. The van der Waals surface area contributed by atoms with Crippen molar-refractivity contribution in [2.75, 3.05) is 0 Å². The second-order valence-electron chi connectivity index (χ2n) is 4.48. The van der Waals surface area contributed by atoms with Gasteiger partial charge in [0.25, 0.3) is 0 Å². The van der Waals surface area contributed by atoms with Crippen LogP contribution in [0.1, 0.15) is 24.2 Å². The van der Waals surface area contributed by atoms with Crippen molar-refractivity contribution >= 4 is 16.3 Å². The van der Waals surface area contributed by atoms with Crippen LogP contribution < -0.4 is 5.32 Å². The molecule has 0 aliphatic rings. The Balaban J connectivity index is 1.67. The van der Waals surface area contributed by atoms with Gasteiger partial charge in [-0.15, -0.1) is 11.3 Å². The van der Waals surface area contributed by atoms with Gasteiger partial charge in [-0.1, -0.05) is 12.1 Å². The zero-order valence-corrected chi connectivity index (χ0v) is 11.3. The lowest BCUT2D eigenvalue weighted by atomic mass is 10.1. The van der Waals surface area contributed by atoms with Crippen molar-refractivity contribution in [3.63, 3.8) is 0 Å². The van der Waals surface area contributed by atoms with Gasteiger partial charge in [-0.3, -0.25) is 4.40 Å². The lowest BCUT2D eigenvalue weighted by Crippen LogP contribution is -2.18. The molecule has 3 aromatic rings. The van der Waals surface area contributed by atoms with E-state index in [2.05, 4.69) is 10.3 Å². The highest BCUT2D eigenvalue weighted by Crippen LogP contribution is 2.15. The lowest BCUT2D eigenvalue weighted by molar-refractivity contribution is 0.560. The molecule has 19 heavy (non-hydrogen) atoms. The number of hydrogen-bond acceptors (Lipinski definition) is 3. The summed E-state index contributed by atoms with van der Waals surface area (Å²) in [5.74, 6) is -0.200. The highest BCUT2D eigenvalue weighted by atomic mass is 32.1. The fourth-order valence-electron chi connectivity index (χ4n) is 2.01. The quantitative estimate of drug-likeness (QED) is 0.791. The Morgan fingerprint density at radius 1 is 1.47 bits per heavy atom. The number of thiazole rings is 1. The summed E-state index contributed by atoms with van der Waals surface area (Å²) in [5, 5.41) is 5.36. The van der Waals surface area contributed by atoms with Gasteiger partial charge in [0, 0.05) is 30.4 Å². The first kappa shape index (κ1) is 12.3. The first-order valence-corrected chi connectivity index (χ1v) is 7.00. The van der Waals surface area contributed by atoms with Gasteiger partial charge in [0.05, 0.1) is 5.69 Å². The summed E-state index contributed by atoms with van der Waals surface area (Å²) < 4.78 is 15.2. The van der Waals surface area contributed by atoms with E-state index in [-0.39, 0.29) is 11.9 Å². The van der Waals surface area contributed by atoms with E-state index in [1.165, 1.54) is 6.07 Å². The number of imidazole rings is 1. The number of aromatic nitrogens is 2. The third kappa shape index (κ3) is 2.67. The second-order valence-corrected chi connectivity index (χ2v) is 5.36. The lowest BCUT2D eigenvalue weighted by Gasteiger charge is -2.13. The molecule has 5 heteroatoms. The molecule has 1 atom stereocenters. The first-order valence-electron chi connectivity index (χ1n) is 6.12. The number of halogens is 1. The largest absolute Gasteiger partial charge is 0.305 e. The smallest absolute Gasteiger partial charge is 0.193 e. The Labute approximate surface area is 114 Å². The number of nitrogens with zero attached hydrogens (tertiary/aromatic N) is 2. The van der Waals surface area contributed by atoms with Gasteiger partial charge in [0.15, 0.2) is 4.96 Å². The molecule has 2 aromatic heterocycles. The van der Waals surface area contributed by atoms with Gasteiger partial charge in [0.2, 0.25) is 0 Å². The van der Waals surface area contributed by atoms with E-state index in [0.29, 0.717) is 6.54 Å². The van der Waals surface area contributed by atoms with Crippen LogP contribution in [0.2, 0.25) is 0 Å². The molecule has 0 saturated heterocycles. The maximum absolute atomic E-state index is 13.1. The van der Waals surface area contributed by atoms with E-state index >= 15 is 0 Å². The summed E-state index contributed by atoms with van der Waals surface area (Å²) in [6.07, 6.45) is 4.00. The maximum Gasteiger partial charge on any atom is 0.193 e. The highest BCUT2D eigenvalue weighted by Gasteiger charge is 2.07. The van der Waals surface area contributed by atoms with E-state index in [0.717, 1.165) is 16.2 Å². The topological polar surface area (TPSA) is 29.3 Å². The summed E-state index contributed by atoms with van der Waals surface area (Å²) in [6.45, 7) is 2.69. The van der Waals surface area contributed by atoms with Gasteiger partial charge >= 0.3 is 0 Å². The predicted molar refractivity (Wildman–Crippen MR) is 74.7 cm³/mol. The Morgan fingerprint density at radius 3 is 3.16 bits per heavy atom. The summed E-state index contributed by atoms with van der Waals surface area (Å²) in [6, 6.07) is 6.76. The predicted octanol–water partition coefficient (Wildman–Crippen LogP) is 3.39. The molecule has 3 rings (SSSR count). The third-order valence-corrected chi connectivity index (χ3v) is 3.85. The molecule has 0 unspecified atom stereocenters. The number of rotatable bonds is 4. The van der Waals surface area contributed by atoms with Crippen molar-refractivity contribution in [3.8, 4) is 0 Å². The van der Waals surface area contributed by atoms with Crippen molar-refractivity contribution in [3.05, 3.63) is 59.1 Å². The molecule has 1 aromatic carbocycles. The van der Waals surface area contributed by atoms with Crippen LogP contribution in [0.15, 0.2) is 42.0 Å². The normalized spacial score (nSPS) is 12.9. The van der Waals surface area contributed by atoms with Crippen LogP contribution in [-0.4, -0.2) is 9.38 Å². The third-order valence-electron chi connectivity index (χ3n) is 3.08. The van der Waals surface area contributed by atoms with Gasteiger partial charge in [0.1, 0.15) is 5.82 Å². The van der Waals surface area contributed by atoms with E-state index in [1.54, 1.807) is 23.5 Å². The molecule has 98 valence electrons. The van der Waals surface area contributed by atoms with Crippen molar-refractivity contribution in [2.45, 2.75) is 19.5 Å². The summed E-state index contributed by atoms with van der Waals surface area (Å²) in [4.78, 5) is 5.50. The first-order chi connectivity index (χ1) is 9.22. The fraction of sp³-hybridized carbons (Fsp3) is 0.214. The molecule has 0 aliphatic heterocycles. The number of benzene rings is 1. The SMILES string of the molecule is C[C@@H](NCc1cn2ccsc2n1)c1cccc(F)c1. The van der Waals surface area contributed by atoms with Crippen LogP contribution in [0.3, 0.4) is 0 Å². The van der Waals surface area contributed by atoms with Crippen molar-refractivity contribution < 1.29 is 4.39 Å². The number of fused-ring (bicyclic) bond motifs is 1. The molecule has 0 fully saturated rings. The maximum atomic E-state index is 13.1. The average Bonchev–Trinajstić information content (AvgIpc) is 2.96. The highest BCUT2D eigenvalue weighted by molar-refractivity contribution is 7.15. The monoisotopic (exact) mass is 275 g/mol. The minimum Gasteiger partial charge on any atom is -0.305 e. The van der Waals surface area contributed by atoms with E-state index in [1.807, 2.05) is 35.2 Å². The number of nitrogens with one attached hydrogen (secondary N) is 1. The standard InChI is InChI=1S/C14H14FN3S/c1-10(11-3-2-4-12(15)7-11)16-8-13-9-18-5-6-19-14(18)17-13/h2-7,9-10,16H,8H2,1H3/t10-/m1/s1. The molecule has 0 aliphatic carbocycles. The van der Waals surface area contributed by atoms with Gasteiger partial charge in [-0.25, -0.2) is 9.37 Å². The molecule has 1 N–H and O–H groups in total. The molecule has 3 nitrogen and oxygen atoms in total. The van der Waals surface area contributed by atoms with Gasteiger partial charge in [-0.2, -0.15) is 0 Å². The van der Waals surface area contributed by atoms with E-state index in [4.69, 9.17) is 0 Å². The fourth-order valence-corrected chi connectivity index (χ4v) is 2.73.